The van der Waals surface area contributed by atoms with Crippen molar-refractivity contribution in [3.8, 4) is 6.07 Å². The quantitative estimate of drug-likeness (QED) is 0.665. The van der Waals surface area contributed by atoms with Crippen molar-refractivity contribution in [3.63, 3.8) is 0 Å². The molecule has 0 saturated carbocycles. The molecule has 2 rings (SSSR count). The highest BCUT2D eigenvalue weighted by Crippen LogP contribution is 2.10. The van der Waals surface area contributed by atoms with Gasteiger partial charge in [-0.05, 0) is 48.9 Å². The number of carboxylic acids is 1. The van der Waals surface area contributed by atoms with Crippen molar-refractivity contribution >= 4 is 17.4 Å². The molecule has 0 atom stereocenters. The van der Waals surface area contributed by atoms with E-state index in [0.717, 1.165) is 11.3 Å². The molecule has 2 aromatic carbocycles. The minimum Gasteiger partial charge on any atom is -0.478 e. The smallest absolute Gasteiger partial charge is 0.335 e. The Labute approximate surface area is 122 Å². The number of nitrogens with zero attached hydrogens (tertiary/aromatic N) is 2. The van der Waals surface area contributed by atoms with E-state index in [-0.39, 0.29) is 5.56 Å². The summed E-state index contributed by atoms with van der Waals surface area (Å²) in [5, 5.41) is 21.8. The lowest BCUT2D eigenvalue weighted by molar-refractivity contribution is 0.0697. The van der Waals surface area contributed by atoms with E-state index in [2.05, 4.69) is 16.6 Å². The number of anilines is 1. The van der Waals surface area contributed by atoms with E-state index in [1.54, 1.807) is 24.3 Å². The second kappa shape index (κ2) is 6.35. The summed E-state index contributed by atoms with van der Waals surface area (Å²) in [5.41, 5.74) is 6.07. The highest BCUT2D eigenvalue weighted by atomic mass is 16.4. The van der Waals surface area contributed by atoms with E-state index >= 15 is 0 Å². The fourth-order valence-electron chi connectivity index (χ4n) is 1.69. The van der Waals surface area contributed by atoms with E-state index in [1.165, 1.54) is 12.1 Å². The molecule has 0 radical (unpaired) electrons. The van der Waals surface area contributed by atoms with Crippen molar-refractivity contribution in [2.75, 3.05) is 5.43 Å². The zero-order valence-corrected chi connectivity index (χ0v) is 11.4. The zero-order valence-electron chi connectivity index (χ0n) is 11.4. The molecule has 0 aliphatic rings. The summed E-state index contributed by atoms with van der Waals surface area (Å²) >= 11 is 0. The highest BCUT2D eigenvalue weighted by Gasteiger charge is 2.01. The Hall–Kier alpha value is -3.13. The Bertz CT molecular complexity index is 711. The summed E-state index contributed by atoms with van der Waals surface area (Å²) in [4.78, 5) is 10.7. The number of hydrogen-bond acceptors (Lipinski definition) is 4. The molecule has 5 heteroatoms. The first kappa shape index (κ1) is 14.3. The average molecular weight is 279 g/mol. The molecule has 0 bridgehead atoms. The van der Waals surface area contributed by atoms with E-state index < -0.39 is 5.97 Å². The van der Waals surface area contributed by atoms with Gasteiger partial charge in [0.2, 0.25) is 0 Å². The van der Waals surface area contributed by atoms with Crippen LogP contribution in [0.15, 0.2) is 53.6 Å². The van der Waals surface area contributed by atoms with Crippen LogP contribution in [-0.4, -0.2) is 16.8 Å². The van der Waals surface area contributed by atoms with Crippen molar-refractivity contribution in [1.82, 2.24) is 0 Å². The van der Waals surface area contributed by atoms with Gasteiger partial charge >= 0.3 is 5.97 Å². The zero-order chi connectivity index (χ0) is 15.2. The van der Waals surface area contributed by atoms with Crippen LogP contribution >= 0.6 is 0 Å². The summed E-state index contributed by atoms with van der Waals surface area (Å²) < 4.78 is 0. The number of benzene rings is 2. The van der Waals surface area contributed by atoms with Crippen LogP contribution in [-0.2, 0) is 0 Å². The third-order valence-electron chi connectivity index (χ3n) is 2.92. The van der Waals surface area contributed by atoms with Gasteiger partial charge < -0.3 is 5.11 Å². The van der Waals surface area contributed by atoms with E-state index in [0.29, 0.717) is 11.3 Å². The largest absolute Gasteiger partial charge is 0.478 e. The van der Waals surface area contributed by atoms with Gasteiger partial charge in [-0.3, -0.25) is 5.43 Å². The standard InChI is InChI=1S/C16H13N3O2/c1-11(13-4-2-12(10-17)3-5-13)18-19-15-8-6-14(7-9-15)16(20)21/h2-9,19H,1H3,(H,20,21)/b18-11-. The van der Waals surface area contributed by atoms with Crippen LogP contribution in [0.4, 0.5) is 5.69 Å². The van der Waals surface area contributed by atoms with Gasteiger partial charge in [0.25, 0.3) is 0 Å². The molecule has 2 N–H and O–H groups in total. The first-order valence-electron chi connectivity index (χ1n) is 6.24. The normalized spacial score (nSPS) is 10.8. The maximum Gasteiger partial charge on any atom is 0.335 e. The second-order valence-electron chi connectivity index (χ2n) is 4.38. The van der Waals surface area contributed by atoms with Gasteiger partial charge in [-0.1, -0.05) is 12.1 Å². The van der Waals surface area contributed by atoms with Crippen molar-refractivity contribution in [1.29, 1.82) is 5.26 Å². The van der Waals surface area contributed by atoms with E-state index in [9.17, 15) is 4.79 Å². The van der Waals surface area contributed by atoms with Crippen molar-refractivity contribution in [2.45, 2.75) is 6.92 Å². The van der Waals surface area contributed by atoms with Gasteiger partial charge in [0.1, 0.15) is 0 Å². The number of hydrazone groups is 1. The third-order valence-corrected chi connectivity index (χ3v) is 2.92. The topological polar surface area (TPSA) is 85.5 Å². The van der Waals surface area contributed by atoms with Gasteiger partial charge in [-0.25, -0.2) is 4.79 Å². The van der Waals surface area contributed by atoms with Crippen LogP contribution in [0.25, 0.3) is 0 Å². The van der Waals surface area contributed by atoms with Gasteiger partial charge in [0.05, 0.1) is 28.6 Å². The SMILES string of the molecule is C/C(=N/Nc1ccc(C(=O)O)cc1)c1ccc(C#N)cc1. The Morgan fingerprint density at radius 2 is 1.67 bits per heavy atom. The monoisotopic (exact) mass is 279 g/mol. The van der Waals surface area contributed by atoms with Crippen LogP contribution in [0, 0.1) is 11.3 Å². The Morgan fingerprint density at radius 3 is 2.19 bits per heavy atom. The van der Waals surface area contributed by atoms with Gasteiger partial charge in [0, 0.05) is 0 Å². The number of nitrogens with one attached hydrogen (secondary N) is 1. The predicted octanol–water partition coefficient (Wildman–Crippen LogP) is 3.09. The van der Waals surface area contributed by atoms with Crippen molar-refractivity contribution < 1.29 is 9.90 Å². The minimum atomic E-state index is -0.959. The Kier molecular flexibility index (Phi) is 4.32. The van der Waals surface area contributed by atoms with Crippen LogP contribution in [0.2, 0.25) is 0 Å². The molecule has 0 saturated heterocycles. The van der Waals surface area contributed by atoms with Crippen LogP contribution in [0.1, 0.15) is 28.4 Å². The lowest BCUT2D eigenvalue weighted by Gasteiger charge is -2.04. The molecule has 0 fully saturated rings. The molecule has 0 aliphatic heterocycles. The molecule has 0 unspecified atom stereocenters. The highest BCUT2D eigenvalue weighted by molar-refractivity contribution is 5.99. The maximum absolute atomic E-state index is 10.7. The molecule has 0 aliphatic carbocycles. The summed E-state index contributed by atoms with van der Waals surface area (Å²) in [5.74, 6) is -0.959. The fraction of sp³-hybridized carbons (Fsp3) is 0.0625. The number of rotatable bonds is 4. The number of carbonyl (C=O) groups is 1. The van der Waals surface area contributed by atoms with Crippen molar-refractivity contribution in [3.05, 3.63) is 65.2 Å². The molecule has 0 heterocycles. The van der Waals surface area contributed by atoms with E-state index in [1.807, 2.05) is 19.1 Å². The molecule has 104 valence electrons. The lowest BCUT2D eigenvalue weighted by Crippen LogP contribution is -2.00. The molecule has 0 spiro atoms. The van der Waals surface area contributed by atoms with Crippen molar-refractivity contribution in [2.24, 2.45) is 5.10 Å². The number of nitriles is 1. The van der Waals surface area contributed by atoms with Gasteiger partial charge in [-0.15, -0.1) is 0 Å². The van der Waals surface area contributed by atoms with Crippen LogP contribution < -0.4 is 5.43 Å². The second-order valence-corrected chi connectivity index (χ2v) is 4.38. The predicted molar refractivity (Wildman–Crippen MR) is 80.4 cm³/mol. The minimum absolute atomic E-state index is 0.230. The molecule has 5 nitrogen and oxygen atoms in total. The lowest BCUT2D eigenvalue weighted by atomic mass is 10.1. The van der Waals surface area contributed by atoms with Crippen LogP contribution in [0.3, 0.4) is 0 Å². The fourth-order valence-corrected chi connectivity index (χ4v) is 1.69. The van der Waals surface area contributed by atoms with Crippen LogP contribution in [0.5, 0.6) is 0 Å². The third kappa shape index (κ3) is 3.67. The first-order valence-corrected chi connectivity index (χ1v) is 6.24. The van der Waals surface area contributed by atoms with Gasteiger partial charge in [0.15, 0.2) is 0 Å². The molecule has 21 heavy (non-hydrogen) atoms. The summed E-state index contributed by atoms with van der Waals surface area (Å²) in [6.45, 7) is 1.85. The summed E-state index contributed by atoms with van der Waals surface area (Å²) in [6.07, 6.45) is 0. The van der Waals surface area contributed by atoms with E-state index in [4.69, 9.17) is 10.4 Å². The Morgan fingerprint density at radius 1 is 1.10 bits per heavy atom. The number of carboxylic acid groups (broad SMARTS) is 1. The molecule has 0 amide bonds. The molecule has 0 aromatic heterocycles. The molecule has 2 aromatic rings. The van der Waals surface area contributed by atoms with Gasteiger partial charge in [-0.2, -0.15) is 10.4 Å². The number of hydrogen-bond donors (Lipinski definition) is 2. The number of aromatic carboxylic acids is 1. The summed E-state index contributed by atoms with van der Waals surface area (Å²) in [7, 11) is 0. The average Bonchev–Trinajstić information content (AvgIpc) is 2.53. The first-order chi connectivity index (χ1) is 10.1. The molecular formula is C16H13N3O2. The maximum atomic E-state index is 10.7. The summed E-state index contributed by atoms with van der Waals surface area (Å²) in [6, 6.07) is 15.5. The Balaban J connectivity index is 2.08. The molecular weight excluding hydrogens is 266 g/mol.